The summed E-state index contributed by atoms with van der Waals surface area (Å²) in [7, 11) is 0. The minimum absolute atomic E-state index is 0.0144. The highest BCUT2D eigenvalue weighted by Gasteiger charge is 2.21. The van der Waals surface area contributed by atoms with E-state index in [1.165, 1.54) is 5.56 Å². The standard InChI is InChI=1S/C19H24N4O/c1-15-6-7-18(16(2)13-15)21-19(24)23-11-9-22(10-12-23)14-17-5-3-4-8-20-17/h3-8,13H,9-12,14H2,1-2H3,(H,21,24). The van der Waals surface area contributed by atoms with Crippen molar-refractivity contribution in [3.05, 3.63) is 59.4 Å². The molecular formula is C19H24N4O. The smallest absolute Gasteiger partial charge is 0.321 e. The van der Waals surface area contributed by atoms with Gasteiger partial charge in [0.2, 0.25) is 0 Å². The lowest BCUT2D eigenvalue weighted by Gasteiger charge is -2.34. The van der Waals surface area contributed by atoms with E-state index in [1.807, 2.05) is 48.4 Å². The second-order valence-electron chi connectivity index (χ2n) is 6.33. The lowest BCUT2D eigenvalue weighted by molar-refractivity contribution is 0.142. The van der Waals surface area contributed by atoms with E-state index in [0.717, 1.165) is 49.7 Å². The SMILES string of the molecule is Cc1ccc(NC(=O)N2CCN(Cc3ccccn3)CC2)c(C)c1. The molecule has 2 aromatic rings. The summed E-state index contributed by atoms with van der Waals surface area (Å²) in [6.45, 7) is 8.14. The summed E-state index contributed by atoms with van der Waals surface area (Å²) in [5.74, 6) is 0. The Kier molecular flexibility index (Phi) is 5.11. The Morgan fingerprint density at radius 1 is 1.12 bits per heavy atom. The molecule has 0 bridgehead atoms. The van der Waals surface area contributed by atoms with Crippen molar-refractivity contribution in [1.29, 1.82) is 0 Å². The van der Waals surface area contributed by atoms with E-state index < -0.39 is 0 Å². The van der Waals surface area contributed by atoms with E-state index in [1.54, 1.807) is 0 Å². The molecule has 1 fully saturated rings. The molecular weight excluding hydrogens is 300 g/mol. The molecule has 1 aliphatic rings. The van der Waals surface area contributed by atoms with Gasteiger partial charge in [0.1, 0.15) is 0 Å². The number of urea groups is 1. The molecule has 5 heteroatoms. The number of amides is 2. The number of hydrogen-bond donors (Lipinski definition) is 1. The number of rotatable bonds is 3. The largest absolute Gasteiger partial charge is 0.322 e. The molecule has 0 atom stereocenters. The maximum Gasteiger partial charge on any atom is 0.321 e. The number of anilines is 1. The minimum Gasteiger partial charge on any atom is -0.322 e. The van der Waals surface area contributed by atoms with E-state index in [9.17, 15) is 4.79 Å². The third-order valence-electron chi connectivity index (χ3n) is 4.39. The summed E-state index contributed by atoms with van der Waals surface area (Å²) >= 11 is 0. The van der Waals surface area contributed by atoms with Gasteiger partial charge in [0.05, 0.1) is 5.69 Å². The fraction of sp³-hybridized carbons (Fsp3) is 0.368. The number of nitrogens with zero attached hydrogens (tertiary/aromatic N) is 3. The van der Waals surface area contributed by atoms with Crippen LogP contribution < -0.4 is 5.32 Å². The third-order valence-corrected chi connectivity index (χ3v) is 4.39. The van der Waals surface area contributed by atoms with Crippen LogP contribution in [0.5, 0.6) is 0 Å². The van der Waals surface area contributed by atoms with E-state index in [4.69, 9.17) is 0 Å². The summed E-state index contributed by atoms with van der Waals surface area (Å²) in [4.78, 5) is 21.0. The second kappa shape index (κ2) is 7.45. The number of aryl methyl sites for hydroxylation is 2. The molecule has 0 radical (unpaired) electrons. The van der Waals surface area contributed by atoms with Crippen molar-refractivity contribution < 1.29 is 4.79 Å². The molecule has 0 spiro atoms. The molecule has 0 saturated carbocycles. The van der Waals surface area contributed by atoms with E-state index in [0.29, 0.717) is 0 Å². The fourth-order valence-corrected chi connectivity index (χ4v) is 2.98. The van der Waals surface area contributed by atoms with Crippen LogP contribution in [0.4, 0.5) is 10.5 Å². The number of carbonyl (C=O) groups is 1. The first-order chi connectivity index (χ1) is 11.6. The predicted octanol–water partition coefficient (Wildman–Crippen LogP) is 3.05. The number of benzene rings is 1. The van der Waals surface area contributed by atoms with E-state index in [-0.39, 0.29) is 6.03 Å². The molecule has 5 nitrogen and oxygen atoms in total. The van der Waals surface area contributed by atoms with Crippen molar-refractivity contribution >= 4 is 11.7 Å². The van der Waals surface area contributed by atoms with Gasteiger partial charge in [0.15, 0.2) is 0 Å². The highest BCUT2D eigenvalue weighted by Crippen LogP contribution is 2.17. The normalized spacial score (nSPS) is 15.3. The third kappa shape index (κ3) is 4.11. The Morgan fingerprint density at radius 2 is 1.92 bits per heavy atom. The molecule has 1 aliphatic heterocycles. The number of pyridine rings is 1. The van der Waals surface area contributed by atoms with E-state index in [2.05, 4.69) is 28.2 Å². The van der Waals surface area contributed by atoms with Gasteiger partial charge in [0.25, 0.3) is 0 Å². The molecule has 1 saturated heterocycles. The van der Waals surface area contributed by atoms with Crippen molar-refractivity contribution in [2.45, 2.75) is 20.4 Å². The quantitative estimate of drug-likeness (QED) is 0.944. The lowest BCUT2D eigenvalue weighted by atomic mass is 10.1. The number of piperazine rings is 1. The van der Waals surface area contributed by atoms with Crippen LogP contribution in [-0.4, -0.2) is 47.0 Å². The zero-order valence-electron chi connectivity index (χ0n) is 14.3. The Labute approximate surface area is 143 Å². The summed E-state index contributed by atoms with van der Waals surface area (Å²) in [6, 6.07) is 12.0. The Balaban J connectivity index is 1.51. The lowest BCUT2D eigenvalue weighted by Crippen LogP contribution is -2.49. The van der Waals surface area contributed by atoms with Gasteiger partial charge in [-0.25, -0.2) is 4.79 Å². The summed E-state index contributed by atoms with van der Waals surface area (Å²) < 4.78 is 0. The number of carbonyl (C=O) groups excluding carboxylic acids is 1. The van der Waals surface area contributed by atoms with Crippen LogP contribution in [0.2, 0.25) is 0 Å². The van der Waals surface area contributed by atoms with Gasteiger partial charge < -0.3 is 10.2 Å². The van der Waals surface area contributed by atoms with Crippen molar-refractivity contribution in [2.75, 3.05) is 31.5 Å². The topological polar surface area (TPSA) is 48.5 Å². The Morgan fingerprint density at radius 3 is 2.58 bits per heavy atom. The van der Waals surface area contributed by atoms with Crippen molar-refractivity contribution in [3.63, 3.8) is 0 Å². The van der Waals surface area contributed by atoms with Crippen LogP contribution >= 0.6 is 0 Å². The fourth-order valence-electron chi connectivity index (χ4n) is 2.98. The predicted molar refractivity (Wildman–Crippen MR) is 96.0 cm³/mol. The van der Waals surface area contributed by atoms with Gasteiger partial charge in [0, 0.05) is 44.6 Å². The first-order valence-electron chi connectivity index (χ1n) is 8.37. The van der Waals surface area contributed by atoms with Gasteiger partial charge in [-0.2, -0.15) is 0 Å². The van der Waals surface area contributed by atoms with Gasteiger partial charge in [-0.05, 0) is 37.6 Å². The van der Waals surface area contributed by atoms with Crippen LogP contribution in [-0.2, 0) is 6.54 Å². The Hall–Kier alpha value is -2.40. The van der Waals surface area contributed by atoms with Crippen LogP contribution in [0.3, 0.4) is 0 Å². The molecule has 2 amide bonds. The average molecular weight is 324 g/mol. The first-order valence-corrected chi connectivity index (χ1v) is 8.37. The first kappa shape index (κ1) is 16.5. The number of nitrogens with one attached hydrogen (secondary N) is 1. The van der Waals surface area contributed by atoms with Gasteiger partial charge >= 0.3 is 6.03 Å². The molecule has 2 heterocycles. The highest BCUT2D eigenvalue weighted by molar-refractivity contribution is 5.90. The monoisotopic (exact) mass is 324 g/mol. The van der Waals surface area contributed by atoms with Crippen molar-refractivity contribution in [1.82, 2.24) is 14.8 Å². The van der Waals surface area contributed by atoms with Gasteiger partial charge in [-0.3, -0.25) is 9.88 Å². The molecule has 1 N–H and O–H groups in total. The average Bonchev–Trinajstić information content (AvgIpc) is 2.59. The maximum atomic E-state index is 12.5. The van der Waals surface area contributed by atoms with Gasteiger partial charge in [-0.15, -0.1) is 0 Å². The summed E-state index contributed by atoms with van der Waals surface area (Å²) in [5.41, 5.74) is 4.26. The van der Waals surface area contributed by atoms with Crippen LogP contribution in [0.25, 0.3) is 0 Å². The minimum atomic E-state index is -0.0144. The summed E-state index contributed by atoms with van der Waals surface area (Å²) in [6.07, 6.45) is 1.82. The maximum absolute atomic E-state index is 12.5. The van der Waals surface area contributed by atoms with Gasteiger partial charge in [-0.1, -0.05) is 23.8 Å². The van der Waals surface area contributed by atoms with Crippen LogP contribution in [0, 0.1) is 13.8 Å². The van der Waals surface area contributed by atoms with Crippen LogP contribution in [0.1, 0.15) is 16.8 Å². The second-order valence-corrected chi connectivity index (χ2v) is 6.33. The molecule has 1 aromatic heterocycles. The van der Waals surface area contributed by atoms with Crippen molar-refractivity contribution in [3.8, 4) is 0 Å². The molecule has 24 heavy (non-hydrogen) atoms. The van der Waals surface area contributed by atoms with Crippen LogP contribution in [0.15, 0.2) is 42.6 Å². The number of hydrogen-bond acceptors (Lipinski definition) is 3. The zero-order valence-corrected chi connectivity index (χ0v) is 14.3. The Bertz CT molecular complexity index is 694. The number of aromatic nitrogens is 1. The van der Waals surface area contributed by atoms with E-state index >= 15 is 0 Å². The molecule has 0 aliphatic carbocycles. The van der Waals surface area contributed by atoms with Crippen molar-refractivity contribution in [2.24, 2.45) is 0 Å². The molecule has 126 valence electrons. The molecule has 0 unspecified atom stereocenters. The molecule has 1 aromatic carbocycles. The molecule has 3 rings (SSSR count). The zero-order chi connectivity index (χ0) is 16.9. The summed E-state index contributed by atoms with van der Waals surface area (Å²) in [5, 5.41) is 3.03. The highest BCUT2D eigenvalue weighted by atomic mass is 16.2.